The van der Waals surface area contributed by atoms with Crippen molar-refractivity contribution < 1.29 is 13.9 Å². The molecule has 0 bridgehead atoms. The molecule has 0 radical (unpaired) electrons. The van der Waals surface area contributed by atoms with E-state index in [1.54, 1.807) is 6.07 Å². The fraction of sp³-hybridized carbons (Fsp3) is 0.364. The van der Waals surface area contributed by atoms with Gasteiger partial charge in [0, 0.05) is 5.02 Å². The zero-order valence-corrected chi connectivity index (χ0v) is 9.68. The molecule has 3 nitrogen and oxygen atoms in total. The summed E-state index contributed by atoms with van der Waals surface area (Å²) in [4.78, 5) is 10.8. The van der Waals surface area contributed by atoms with E-state index in [2.05, 4.69) is 10.1 Å². The van der Waals surface area contributed by atoms with Crippen molar-refractivity contribution in [3.8, 4) is 0 Å². The molecule has 1 aromatic rings. The third-order valence-electron chi connectivity index (χ3n) is 2.08. The van der Waals surface area contributed by atoms with Gasteiger partial charge in [0.05, 0.1) is 13.7 Å². The first-order chi connectivity index (χ1) is 7.63. The van der Waals surface area contributed by atoms with Gasteiger partial charge in [0.15, 0.2) is 0 Å². The highest BCUT2D eigenvalue weighted by atomic mass is 35.5. The van der Waals surface area contributed by atoms with Gasteiger partial charge in [-0.25, -0.2) is 4.39 Å². The first-order valence-electron chi connectivity index (χ1n) is 4.85. The average Bonchev–Trinajstić information content (AvgIpc) is 2.28. The summed E-state index contributed by atoms with van der Waals surface area (Å²) in [5.74, 6) is -0.629. The predicted molar refractivity (Wildman–Crippen MR) is 60.0 cm³/mol. The van der Waals surface area contributed by atoms with Gasteiger partial charge in [0.2, 0.25) is 0 Å². The van der Waals surface area contributed by atoms with Crippen molar-refractivity contribution in [1.29, 1.82) is 0 Å². The van der Waals surface area contributed by atoms with Crippen LogP contribution in [0.25, 0.3) is 0 Å². The first kappa shape index (κ1) is 12.9. The van der Waals surface area contributed by atoms with Crippen LogP contribution in [0.15, 0.2) is 18.2 Å². The van der Waals surface area contributed by atoms with Gasteiger partial charge in [-0.3, -0.25) is 4.79 Å². The quantitative estimate of drug-likeness (QED) is 0.635. The molecular formula is C11H13ClFNO2. The standard InChI is InChI=1S/C11H13ClFNO2/c1-16-11(15)7-14-5-4-8-6-9(12)2-3-10(8)13/h2-3,6,14H,4-5,7H2,1H3. The van der Waals surface area contributed by atoms with Gasteiger partial charge in [0.25, 0.3) is 0 Å². The molecule has 1 rings (SSSR count). The van der Waals surface area contributed by atoms with E-state index >= 15 is 0 Å². The molecule has 0 amide bonds. The van der Waals surface area contributed by atoms with Crippen molar-refractivity contribution in [3.05, 3.63) is 34.6 Å². The lowest BCUT2D eigenvalue weighted by atomic mass is 10.1. The summed E-state index contributed by atoms with van der Waals surface area (Å²) in [6, 6.07) is 4.41. The molecule has 0 aliphatic carbocycles. The van der Waals surface area contributed by atoms with Gasteiger partial charge in [0.1, 0.15) is 5.82 Å². The minimum absolute atomic E-state index is 0.124. The van der Waals surface area contributed by atoms with Crippen LogP contribution >= 0.6 is 11.6 Å². The Bertz CT molecular complexity index is 371. The van der Waals surface area contributed by atoms with Gasteiger partial charge >= 0.3 is 5.97 Å². The fourth-order valence-corrected chi connectivity index (χ4v) is 1.42. The first-order valence-corrected chi connectivity index (χ1v) is 5.22. The van der Waals surface area contributed by atoms with Gasteiger partial charge in [-0.1, -0.05) is 11.6 Å². The average molecular weight is 246 g/mol. The topological polar surface area (TPSA) is 38.3 Å². The van der Waals surface area contributed by atoms with Crippen LogP contribution in [-0.4, -0.2) is 26.2 Å². The number of methoxy groups -OCH3 is 1. The second kappa shape index (κ2) is 6.45. The number of carbonyl (C=O) groups excluding carboxylic acids is 1. The molecule has 0 atom stereocenters. The van der Waals surface area contributed by atoms with E-state index in [0.29, 0.717) is 23.6 Å². The second-order valence-corrected chi connectivity index (χ2v) is 3.68. The van der Waals surface area contributed by atoms with Crippen molar-refractivity contribution in [2.75, 3.05) is 20.2 Å². The van der Waals surface area contributed by atoms with E-state index in [1.807, 2.05) is 0 Å². The van der Waals surface area contributed by atoms with Crippen molar-refractivity contribution in [2.24, 2.45) is 0 Å². The summed E-state index contributed by atoms with van der Waals surface area (Å²) >= 11 is 5.74. The van der Waals surface area contributed by atoms with Crippen LogP contribution in [0.1, 0.15) is 5.56 Å². The molecule has 0 spiro atoms. The van der Waals surface area contributed by atoms with Crippen LogP contribution in [0, 0.1) is 5.82 Å². The molecule has 0 saturated heterocycles. The smallest absolute Gasteiger partial charge is 0.319 e. The number of hydrogen-bond donors (Lipinski definition) is 1. The number of halogens is 2. The third kappa shape index (κ3) is 4.16. The number of ether oxygens (including phenoxy) is 1. The Hall–Kier alpha value is -1.13. The SMILES string of the molecule is COC(=O)CNCCc1cc(Cl)ccc1F. The second-order valence-electron chi connectivity index (χ2n) is 3.24. The molecule has 5 heteroatoms. The Kier molecular flexibility index (Phi) is 5.22. The number of carbonyl (C=O) groups is 1. The molecule has 1 aromatic carbocycles. The summed E-state index contributed by atoms with van der Waals surface area (Å²) < 4.78 is 17.7. The Morgan fingerprint density at radius 2 is 2.31 bits per heavy atom. The molecule has 0 fully saturated rings. The third-order valence-corrected chi connectivity index (χ3v) is 2.31. The van der Waals surface area contributed by atoms with E-state index in [0.717, 1.165) is 0 Å². The molecule has 16 heavy (non-hydrogen) atoms. The molecule has 0 unspecified atom stereocenters. The number of hydrogen-bond acceptors (Lipinski definition) is 3. The number of esters is 1. The highest BCUT2D eigenvalue weighted by Crippen LogP contribution is 2.14. The molecule has 0 aromatic heterocycles. The van der Waals surface area contributed by atoms with Crippen LogP contribution in [-0.2, 0) is 16.0 Å². The minimum Gasteiger partial charge on any atom is -0.468 e. The predicted octanol–water partition coefficient (Wildman–Crippen LogP) is 1.78. The minimum atomic E-state index is -0.341. The van der Waals surface area contributed by atoms with Crippen molar-refractivity contribution in [1.82, 2.24) is 5.32 Å². The maximum absolute atomic E-state index is 13.2. The molecule has 0 aliphatic heterocycles. The van der Waals surface area contributed by atoms with Gasteiger partial charge < -0.3 is 10.1 Å². The summed E-state index contributed by atoms with van der Waals surface area (Å²) in [7, 11) is 1.32. The monoisotopic (exact) mass is 245 g/mol. The molecular weight excluding hydrogens is 233 g/mol. The summed E-state index contributed by atoms with van der Waals surface area (Å²) in [5, 5.41) is 3.35. The van der Waals surface area contributed by atoms with E-state index < -0.39 is 0 Å². The zero-order valence-electron chi connectivity index (χ0n) is 8.93. The van der Waals surface area contributed by atoms with E-state index in [1.165, 1.54) is 19.2 Å². The van der Waals surface area contributed by atoms with Crippen molar-refractivity contribution in [3.63, 3.8) is 0 Å². The Morgan fingerprint density at radius 1 is 1.56 bits per heavy atom. The highest BCUT2D eigenvalue weighted by molar-refractivity contribution is 6.30. The molecule has 0 heterocycles. The maximum Gasteiger partial charge on any atom is 0.319 e. The van der Waals surface area contributed by atoms with Crippen molar-refractivity contribution >= 4 is 17.6 Å². The fourth-order valence-electron chi connectivity index (χ4n) is 1.22. The Balaban J connectivity index is 2.37. The summed E-state index contributed by atoms with van der Waals surface area (Å²) in [6.07, 6.45) is 0.476. The van der Waals surface area contributed by atoms with Crippen LogP contribution in [0.2, 0.25) is 5.02 Å². The molecule has 0 saturated carbocycles. The van der Waals surface area contributed by atoms with E-state index in [-0.39, 0.29) is 18.3 Å². The number of nitrogens with one attached hydrogen (secondary N) is 1. The summed E-state index contributed by atoms with van der Waals surface area (Å²) in [5.41, 5.74) is 0.532. The Morgan fingerprint density at radius 3 is 3.00 bits per heavy atom. The van der Waals surface area contributed by atoms with Gasteiger partial charge in [-0.2, -0.15) is 0 Å². The van der Waals surface area contributed by atoms with Crippen LogP contribution in [0.3, 0.4) is 0 Å². The van der Waals surface area contributed by atoms with Gasteiger partial charge in [-0.05, 0) is 36.7 Å². The van der Waals surface area contributed by atoms with E-state index in [9.17, 15) is 9.18 Å². The summed E-state index contributed by atoms with van der Waals surface area (Å²) in [6.45, 7) is 0.616. The normalized spacial score (nSPS) is 10.2. The highest BCUT2D eigenvalue weighted by Gasteiger charge is 2.03. The lowest BCUT2D eigenvalue weighted by Crippen LogP contribution is -2.26. The lowest BCUT2D eigenvalue weighted by molar-refractivity contribution is -0.139. The lowest BCUT2D eigenvalue weighted by Gasteiger charge is -2.05. The zero-order chi connectivity index (χ0) is 12.0. The van der Waals surface area contributed by atoms with Crippen molar-refractivity contribution in [2.45, 2.75) is 6.42 Å². The number of rotatable bonds is 5. The number of benzene rings is 1. The van der Waals surface area contributed by atoms with Crippen LogP contribution in [0.5, 0.6) is 0 Å². The molecule has 0 aliphatic rings. The van der Waals surface area contributed by atoms with Crippen LogP contribution in [0.4, 0.5) is 4.39 Å². The molecule has 1 N–H and O–H groups in total. The van der Waals surface area contributed by atoms with Gasteiger partial charge in [-0.15, -0.1) is 0 Å². The Labute approximate surface area is 98.5 Å². The van der Waals surface area contributed by atoms with E-state index in [4.69, 9.17) is 11.6 Å². The molecule has 88 valence electrons. The van der Waals surface area contributed by atoms with Crippen LogP contribution < -0.4 is 5.32 Å². The maximum atomic E-state index is 13.2. The largest absolute Gasteiger partial charge is 0.468 e.